The van der Waals surface area contributed by atoms with Gasteiger partial charge < -0.3 is 15.7 Å². The first-order valence-electron chi connectivity index (χ1n) is 5.58. The highest BCUT2D eigenvalue weighted by atomic mass is 32.1. The Kier molecular flexibility index (Phi) is 5.08. The third-order valence-electron chi connectivity index (χ3n) is 2.17. The van der Waals surface area contributed by atoms with E-state index in [1.54, 1.807) is 5.38 Å². The zero-order valence-corrected chi connectivity index (χ0v) is 11.2. The number of thiazole rings is 1. The number of carbonyl (C=O) groups excluding carboxylic acids is 1. The maximum absolute atomic E-state index is 12.0. The van der Waals surface area contributed by atoms with Gasteiger partial charge in [0, 0.05) is 11.9 Å². The van der Waals surface area contributed by atoms with Crippen LogP contribution in [-0.2, 0) is 16.0 Å². The Labute approximate surface area is 109 Å². The van der Waals surface area contributed by atoms with Crippen molar-refractivity contribution >= 4 is 28.3 Å². The van der Waals surface area contributed by atoms with Crippen LogP contribution in [0.3, 0.4) is 0 Å². The normalized spacial score (nSPS) is 10.6. The van der Waals surface area contributed by atoms with Crippen LogP contribution < -0.4 is 5.73 Å². The average Bonchev–Trinajstić information content (AvgIpc) is 2.61. The lowest BCUT2D eigenvalue weighted by Crippen LogP contribution is -2.39. The SMILES string of the molecule is CC(C)CN(CC(=O)O)C(=O)Cc1csc(N)n1. The Morgan fingerprint density at radius 2 is 2.22 bits per heavy atom. The zero-order valence-electron chi connectivity index (χ0n) is 10.4. The van der Waals surface area contributed by atoms with Gasteiger partial charge in [-0.3, -0.25) is 9.59 Å². The number of anilines is 1. The summed E-state index contributed by atoms with van der Waals surface area (Å²) >= 11 is 1.27. The van der Waals surface area contributed by atoms with E-state index in [-0.39, 0.29) is 24.8 Å². The van der Waals surface area contributed by atoms with E-state index in [0.717, 1.165) is 0 Å². The van der Waals surface area contributed by atoms with Crippen molar-refractivity contribution in [3.8, 4) is 0 Å². The number of aromatic nitrogens is 1. The lowest BCUT2D eigenvalue weighted by molar-refractivity contribution is -0.144. The smallest absolute Gasteiger partial charge is 0.323 e. The molecule has 3 N–H and O–H groups in total. The van der Waals surface area contributed by atoms with Gasteiger partial charge in [-0.2, -0.15) is 0 Å². The first-order valence-corrected chi connectivity index (χ1v) is 6.46. The van der Waals surface area contributed by atoms with Crippen molar-refractivity contribution in [2.24, 2.45) is 5.92 Å². The number of aliphatic carboxylic acids is 1. The lowest BCUT2D eigenvalue weighted by Gasteiger charge is -2.22. The summed E-state index contributed by atoms with van der Waals surface area (Å²) in [5, 5.41) is 10.9. The minimum absolute atomic E-state index is 0.0910. The fraction of sp³-hybridized carbons (Fsp3) is 0.545. The van der Waals surface area contributed by atoms with Crippen molar-refractivity contribution in [3.63, 3.8) is 0 Å². The molecule has 0 spiro atoms. The van der Waals surface area contributed by atoms with Crippen LogP contribution in [0.4, 0.5) is 5.13 Å². The summed E-state index contributed by atoms with van der Waals surface area (Å²) in [4.78, 5) is 28.0. The molecule has 1 aromatic heterocycles. The van der Waals surface area contributed by atoms with E-state index in [1.165, 1.54) is 16.2 Å². The van der Waals surface area contributed by atoms with Gasteiger partial charge in [0.2, 0.25) is 5.91 Å². The molecule has 0 radical (unpaired) electrons. The molecule has 100 valence electrons. The number of nitrogens with zero attached hydrogens (tertiary/aromatic N) is 2. The number of carboxylic acids is 1. The molecule has 6 nitrogen and oxygen atoms in total. The summed E-state index contributed by atoms with van der Waals surface area (Å²) in [5.74, 6) is -1.04. The zero-order chi connectivity index (χ0) is 13.7. The lowest BCUT2D eigenvalue weighted by atomic mass is 10.2. The predicted molar refractivity (Wildman–Crippen MR) is 69.3 cm³/mol. The highest BCUT2D eigenvalue weighted by molar-refractivity contribution is 7.13. The molecule has 7 heteroatoms. The molecule has 0 saturated heterocycles. The summed E-state index contributed by atoms with van der Waals surface area (Å²) < 4.78 is 0. The molecule has 0 saturated carbocycles. The Hall–Kier alpha value is -1.63. The van der Waals surface area contributed by atoms with Crippen molar-refractivity contribution in [3.05, 3.63) is 11.1 Å². The second kappa shape index (κ2) is 6.34. The molecule has 0 aliphatic heterocycles. The molecule has 0 bridgehead atoms. The van der Waals surface area contributed by atoms with Crippen molar-refractivity contribution in [1.29, 1.82) is 0 Å². The number of rotatable bonds is 6. The molecule has 0 aromatic carbocycles. The highest BCUT2D eigenvalue weighted by Crippen LogP contribution is 2.12. The van der Waals surface area contributed by atoms with Gasteiger partial charge in [-0.15, -0.1) is 11.3 Å². The van der Waals surface area contributed by atoms with Crippen molar-refractivity contribution in [1.82, 2.24) is 9.88 Å². The van der Waals surface area contributed by atoms with Gasteiger partial charge in [-0.05, 0) is 5.92 Å². The topological polar surface area (TPSA) is 96.5 Å². The fourth-order valence-electron chi connectivity index (χ4n) is 1.53. The first kappa shape index (κ1) is 14.4. The quantitative estimate of drug-likeness (QED) is 0.799. The Morgan fingerprint density at radius 1 is 1.56 bits per heavy atom. The van der Waals surface area contributed by atoms with Gasteiger partial charge in [0.25, 0.3) is 0 Å². The van der Waals surface area contributed by atoms with Gasteiger partial charge in [-0.1, -0.05) is 13.8 Å². The summed E-state index contributed by atoms with van der Waals surface area (Å²) in [6.07, 6.45) is 0.0910. The number of nitrogens with two attached hydrogens (primary N) is 1. The maximum Gasteiger partial charge on any atom is 0.323 e. The molecule has 1 aromatic rings. The molecule has 1 amide bonds. The van der Waals surface area contributed by atoms with Crippen molar-refractivity contribution in [2.75, 3.05) is 18.8 Å². The number of nitrogen functional groups attached to an aromatic ring is 1. The van der Waals surface area contributed by atoms with Gasteiger partial charge in [0.15, 0.2) is 5.13 Å². The fourth-order valence-corrected chi connectivity index (χ4v) is 2.09. The largest absolute Gasteiger partial charge is 0.480 e. The number of carboxylic acid groups (broad SMARTS) is 1. The van der Waals surface area contributed by atoms with Crippen LogP contribution in [0.25, 0.3) is 0 Å². The summed E-state index contributed by atoms with van der Waals surface area (Å²) in [7, 11) is 0. The maximum atomic E-state index is 12.0. The molecular weight excluding hydrogens is 254 g/mol. The standard InChI is InChI=1S/C11H17N3O3S/c1-7(2)4-14(5-10(16)17)9(15)3-8-6-18-11(12)13-8/h6-7H,3-5H2,1-2H3,(H2,12,13)(H,16,17). The summed E-state index contributed by atoms with van der Waals surface area (Å²) in [6, 6.07) is 0. The number of carbonyl (C=O) groups is 2. The van der Waals surface area contributed by atoms with E-state index >= 15 is 0 Å². The van der Waals surface area contributed by atoms with E-state index < -0.39 is 5.97 Å². The van der Waals surface area contributed by atoms with Crippen LogP contribution in [-0.4, -0.2) is 40.0 Å². The summed E-state index contributed by atoms with van der Waals surface area (Å²) in [5.41, 5.74) is 6.07. The van der Waals surface area contributed by atoms with Crippen LogP contribution in [0.15, 0.2) is 5.38 Å². The van der Waals surface area contributed by atoms with Gasteiger partial charge in [-0.25, -0.2) is 4.98 Å². The molecule has 0 unspecified atom stereocenters. The van der Waals surface area contributed by atoms with Crippen LogP contribution in [0.1, 0.15) is 19.5 Å². The molecule has 18 heavy (non-hydrogen) atoms. The van der Waals surface area contributed by atoms with Crippen LogP contribution >= 0.6 is 11.3 Å². The van der Waals surface area contributed by atoms with E-state index in [1.807, 2.05) is 13.8 Å². The van der Waals surface area contributed by atoms with Crippen LogP contribution in [0.5, 0.6) is 0 Å². The molecule has 0 fully saturated rings. The number of hydrogen-bond donors (Lipinski definition) is 2. The van der Waals surface area contributed by atoms with E-state index in [2.05, 4.69) is 4.98 Å². The van der Waals surface area contributed by atoms with Gasteiger partial charge in [0.05, 0.1) is 12.1 Å². The third kappa shape index (κ3) is 4.70. The average molecular weight is 271 g/mol. The van der Waals surface area contributed by atoms with Crippen molar-refractivity contribution < 1.29 is 14.7 Å². The molecule has 0 aliphatic carbocycles. The van der Waals surface area contributed by atoms with Crippen molar-refractivity contribution in [2.45, 2.75) is 20.3 Å². The van der Waals surface area contributed by atoms with Crippen LogP contribution in [0.2, 0.25) is 0 Å². The van der Waals surface area contributed by atoms with E-state index in [0.29, 0.717) is 17.4 Å². The number of hydrogen-bond acceptors (Lipinski definition) is 5. The van der Waals surface area contributed by atoms with E-state index in [4.69, 9.17) is 10.8 Å². The van der Waals surface area contributed by atoms with Gasteiger partial charge >= 0.3 is 5.97 Å². The second-order valence-corrected chi connectivity index (χ2v) is 5.31. The highest BCUT2D eigenvalue weighted by Gasteiger charge is 2.19. The first-order chi connectivity index (χ1) is 8.38. The van der Waals surface area contributed by atoms with Crippen LogP contribution in [0, 0.1) is 5.92 Å². The Balaban J connectivity index is 2.66. The minimum atomic E-state index is -1.01. The molecule has 1 rings (SSSR count). The molecular formula is C11H17N3O3S. The molecule has 1 heterocycles. The third-order valence-corrected chi connectivity index (χ3v) is 2.89. The minimum Gasteiger partial charge on any atom is -0.480 e. The summed E-state index contributed by atoms with van der Waals surface area (Å²) in [6.45, 7) is 4.01. The second-order valence-electron chi connectivity index (χ2n) is 4.42. The van der Waals surface area contributed by atoms with E-state index in [9.17, 15) is 9.59 Å². The Bertz CT molecular complexity index is 431. The van der Waals surface area contributed by atoms with Gasteiger partial charge in [0.1, 0.15) is 6.54 Å². The Morgan fingerprint density at radius 3 is 2.67 bits per heavy atom. The predicted octanol–water partition coefficient (Wildman–Crippen LogP) is 0.837. The molecule has 0 atom stereocenters. The molecule has 0 aliphatic rings. The number of amides is 1. The monoisotopic (exact) mass is 271 g/mol.